The highest BCUT2D eigenvalue weighted by Gasteiger charge is 2.38. The molecule has 0 radical (unpaired) electrons. The normalized spacial score (nSPS) is 17.5. The second kappa shape index (κ2) is 13.6. The first-order chi connectivity index (χ1) is 18.1. The molecule has 2 amide bonds. The first-order valence-electron chi connectivity index (χ1n) is 11.8. The smallest absolute Gasteiger partial charge is 0.410 e. The molecule has 0 saturated carbocycles. The van der Waals surface area contributed by atoms with Crippen LogP contribution in [-0.2, 0) is 22.7 Å². The zero-order valence-electron chi connectivity index (χ0n) is 20.3. The van der Waals surface area contributed by atoms with Crippen molar-refractivity contribution in [2.24, 2.45) is 0 Å². The molecule has 0 bridgehead atoms. The number of aliphatic hydroxyl groups excluding tert-OH is 1. The molecule has 0 spiro atoms. The third-order valence-corrected chi connectivity index (χ3v) is 6.35. The highest BCUT2D eigenvalue weighted by molar-refractivity contribution is 7.81. The Labute approximate surface area is 223 Å². The first-order valence-corrected chi connectivity index (χ1v) is 12.3. The van der Waals surface area contributed by atoms with Crippen LogP contribution < -0.4 is 5.32 Å². The Hall–Kier alpha value is -3.91. The van der Waals surface area contributed by atoms with Crippen LogP contribution in [0.4, 0.5) is 21.0 Å². The number of nitrogens with one attached hydrogen (secondary N) is 1. The number of nitro groups is 2. The summed E-state index contributed by atoms with van der Waals surface area (Å²) in [5, 5.41) is 34.6. The molecule has 1 saturated heterocycles. The Kier molecular flexibility index (Phi) is 10.2. The largest absolute Gasteiger partial charge is 0.445 e. The summed E-state index contributed by atoms with van der Waals surface area (Å²) in [7, 11) is 0. The maximum atomic E-state index is 12.7. The number of alkyl carbamates (subject to hydrolysis) is 1. The van der Waals surface area contributed by atoms with Crippen molar-refractivity contribution in [2.45, 2.75) is 49.9 Å². The maximum absolute atomic E-state index is 12.7. The fourth-order valence-corrected chi connectivity index (χ4v) is 4.36. The molecule has 2 aromatic carbocycles. The molecule has 13 nitrogen and oxygen atoms in total. The number of nitro benzene ring substituents is 2. The number of nitrogens with zero attached hydrogens (tertiary/aromatic N) is 3. The molecule has 1 aliphatic rings. The molecule has 38 heavy (non-hydrogen) atoms. The van der Waals surface area contributed by atoms with Crippen LogP contribution in [-0.4, -0.2) is 62.5 Å². The average Bonchev–Trinajstić information content (AvgIpc) is 3.30. The Morgan fingerprint density at radius 2 is 1.53 bits per heavy atom. The van der Waals surface area contributed by atoms with Gasteiger partial charge >= 0.3 is 12.2 Å². The molecule has 3 rings (SSSR count). The number of aliphatic hydroxyl groups is 1. The maximum Gasteiger partial charge on any atom is 0.410 e. The van der Waals surface area contributed by atoms with Gasteiger partial charge in [-0.1, -0.05) is 0 Å². The van der Waals surface area contributed by atoms with E-state index in [0.717, 1.165) is 0 Å². The molecule has 2 aromatic rings. The van der Waals surface area contributed by atoms with Crippen LogP contribution in [0.25, 0.3) is 0 Å². The summed E-state index contributed by atoms with van der Waals surface area (Å²) in [6.07, 6.45) is -0.936. The van der Waals surface area contributed by atoms with Gasteiger partial charge < -0.3 is 24.8 Å². The molecular weight excluding hydrogens is 520 g/mol. The number of likely N-dealkylation sites (tertiary alicyclic amines) is 1. The molecule has 0 aliphatic carbocycles. The molecule has 1 heterocycles. The van der Waals surface area contributed by atoms with Gasteiger partial charge in [-0.15, -0.1) is 0 Å². The van der Waals surface area contributed by atoms with Crippen LogP contribution in [0.15, 0.2) is 48.5 Å². The molecule has 1 fully saturated rings. The number of rotatable bonds is 11. The van der Waals surface area contributed by atoms with E-state index in [1.807, 2.05) is 0 Å². The summed E-state index contributed by atoms with van der Waals surface area (Å²) >= 11 is 4.44. The van der Waals surface area contributed by atoms with E-state index in [-0.39, 0.29) is 36.4 Å². The first kappa shape index (κ1) is 28.7. The van der Waals surface area contributed by atoms with Crippen LogP contribution in [0.1, 0.15) is 30.4 Å². The fourth-order valence-electron chi connectivity index (χ4n) is 3.97. The molecule has 0 aromatic heterocycles. The van der Waals surface area contributed by atoms with Crippen molar-refractivity contribution in [2.75, 3.05) is 13.1 Å². The fraction of sp³-hybridized carbons (Fsp3) is 0.417. The van der Waals surface area contributed by atoms with E-state index in [1.165, 1.54) is 53.4 Å². The van der Waals surface area contributed by atoms with E-state index in [2.05, 4.69) is 17.9 Å². The SMILES string of the molecule is O=C(NCCC[C@H](O)[C@@H]1C[C@H](S)CN1C(=O)OCc1ccc([N+](=O)[O-])cc1)OCc1ccc([N+](=O)[O-])cc1. The van der Waals surface area contributed by atoms with Crippen molar-refractivity contribution in [3.8, 4) is 0 Å². The lowest BCUT2D eigenvalue weighted by Crippen LogP contribution is -2.43. The van der Waals surface area contributed by atoms with Gasteiger partial charge in [0, 0.05) is 42.6 Å². The summed E-state index contributed by atoms with van der Waals surface area (Å²) in [5.74, 6) is 0. The van der Waals surface area contributed by atoms with Gasteiger partial charge in [-0.05, 0) is 54.7 Å². The van der Waals surface area contributed by atoms with Gasteiger partial charge in [-0.3, -0.25) is 20.2 Å². The molecule has 3 atom stereocenters. The van der Waals surface area contributed by atoms with E-state index >= 15 is 0 Å². The standard InChI is InChI=1S/C24H28N4O9S/c29-22(2-1-11-25-23(30)36-14-16-3-7-18(8-4-16)27(32)33)21-12-20(38)13-26(21)24(31)37-15-17-5-9-19(10-6-17)28(34)35/h3-10,20-22,29,38H,1-2,11-15H2,(H,25,30)/t20-,21-,22-/m0/s1. The van der Waals surface area contributed by atoms with Gasteiger partial charge in [0.15, 0.2) is 0 Å². The molecule has 1 aliphatic heterocycles. The van der Waals surface area contributed by atoms with Crippen molar-refractivity contribution in [1.29, 1.82) is 0 Å². The number of amides is 2. The van der Waals surface area contributed by atoms with Crippen LogP contribution in [0.2, 0.25) is 0 Å². The van der Waals surface area contributed by atoms with E-state index < -0.39 is 34.2 Å². The third-order valence-electron chi connectivity index (χ3n) is 5.97. The third kappa shape index (κ3) is 8.31. The lowest BCUT2D eigenvalue weighted by molar-refractivity contribution is -0.385. The summed E-state index contributed by atoms with van der Waals surface area (Å²) in [6.45, 7) is 0.420. The summed E-state index contributed by atoms with van der Waals surface area (Å²) in [6, 6.07) is 10.8. The van der Waals surface area contributed by atoms with Gasteiger partial charge in [0.25, 0.3) is 11.4 Å². The predicted molar refractivity (Wildman–Crippen MR) is 138 cm³/mol. The van der Waals surface area contributed by atoms with Crippen LogP contribution in [0, 0.1) is 20.2 Å². The number of hydrogen-bond acceptors (Lipinski definition) is 10. The minimum atomic E-state index is -0.864. The lowest BCUT2D eigenvalue weighted by atomic mass is 10.0. The highest BCUT2D eigenvalue weighted by Crippen LogP contribution is 2.27. The number of thiol groups is 1. The minimum Gasteiger partial charge on any atom is -0.445 e. The molecular formula is C24H28N4O9S. The predicted octanol–water partition coefficient (Wildman–Crippen LogP) is 3.58. The molecule has 204 valence electrons. The van der Waals surface area contributed by atoms with E-state index in [1.54, 1.807) is 0 Å². The number of hydrogen-bond donors (Lipinski definition) is 3. The average molecular weight is 549 g/mol. The monoisotopic (exact) mass is 548 g/mol. The quantitative estimate of drug-likeness (QED) is 0.164. The minimum absolute atomic E-state index is 0.0468. The van der Waals surface area contributed by atoms with E-state index in [9.17, 15) is 34.9 Å². The van der Waals surface area contributed by atoms with E-state index in [4.69, 9.17) is 9.47 Å². The van der Waals surface area contributed by atoms with Gasteiger partial charge in [0.1, 0.15) is 13.2 Å². The summed E-state index contributed by atoms with van der Waals surface area (Å²) in [5.41, 5.74) is 1.08. The number of benzene rings is 2. The van der Waals surface area contributed by atoms with Gasteiger partial charge in [-0.25, -0.2) is 9.59 Å². The van der Waals surface area contributed by atoms with Gasteiger partial charge in [-0.2, -0.15) is 12.6 Å². The molecule has 2 N–H and O–H groups in total. The molecule has 14 heteroatoms. The Bertz CT molecular complexity index is 1130. The number of ether oxygens (including phenoxy) is 2. The highest BCUT2D eigenvalue weighted by atomic mass is 32.1. The van der Waals surface area contributed by atoms with E-state index in [0.29, 0.717) is 36.9 Å². The Morgan fingerprint density at radius 1 is 1.00 bits per heavy atom. The Morgan fingerprint density at radius 3 is 2.05 bits per heavy atom. The number of carbonyl (C=O) groups excluding carboxylic acids is 2. The van der Waals surface area contributed by atoms with Crippen molar-refractivity contribution >= 4 is 36.2 Å². The van der Waals surface area contributed by atoms with Gasteiger partial charge in [0.05, 0.1) is 22.0 Å². The lowest BCUT2D eigenvalue weighted by Gasteiger charge is -2.28. The van der Waals surface area contributed by atoms with Crippen LogP contribution >= 0.6 is 12.6 Å². The van der Waals surface area contributed by atoms with Gasteiger partial charge in [0.2, 0.25) is 0 Å². The van der Waals surface area contributed by atoms with Crippen molar-refractivity contribution < 1.29 is 34.0 Å². The van der Waals surface area contributed by atoms with Crippen LogP contribution in [0.5, 0.6) is 0 Å². The second-order valence-corrected chi connectivity index (χ2v) is 9.45. The van der Waals surface area contributed by atoms with Crippen molar-refractivity contribution in [3.05, 3.63) is 79.9 Å². The molecule has 0 unspecified atom stereocenters. The second-order valence-electron chi connectivity index (χ2n) is 8.72. The zero-order valence-corrected chi connectivity index (χ0v) is 21.2. The zero-order chi connectivity index (χ0) is 27.7. The topological polar surface area (TPSA) is 174 Å². The van der Waals surface area contributed by atoms with Crippen molar-refractivity contribution in [1.82, 2.24) is 10.2 Å². The van der Waals surface area contributed by atoms with Crippen molar-refractivity contribution in [3.63, 3.8) is 0 Å². The Balaban J connectivity index is 1.38. The number of carbonyl (C=O) groups is 2. The van der Waals surface area contributed by atoms with Crippen LogP contribution in [0.3, 0.4) is 0 Å². The number of non-ortho nitro benzene ring substituents is 2. The summed E-state index contributed by atoms with van der Waals surface area (Å²) in [4.78, 5) is 46.4. The summed E-state index contributed by atoms with van der Waals surface area (Å²) < 4.78 is 10.4.